The maximum atomic E-state index is 4.26. The molecule has 229 valence electrons. The van der Waals surface area contributed by atoms with Crippen molar-refractivity contribution in [3.05, 3.63) is 170 Å². The van der Waals surface area contributed by atoms with E-state index in [1.807, 2.05) is 24.3 Å². The number of hydrogen-bond donors (Lipinski definition) is 0. The molecule has 6 aromatic rings. The second-order valence-corrected chi connectivity index (χ2v) is 14.2. The number of fused-ring (bicyclic) bond motifs is 1. The fourth-order valence-electron chi connectivity index (χ4n) is 4.74. The topological polar surface area (TPSA) is 0 Å². The Bertz CT molecular complexity index is 1410. The molecule has 0 amide bonds. The molecule has 0 spiro atoms. The van der Waals surface area contributed by atoms with Crippen LogP contribution in [0.15, 0.2) is 164 Å². The van der Waals surface area contributed by atoms with Crippen LogP contribution in [0.1, 0.15) is 33.1 Å². The second kappa shape index (κ2) is 21.8. The first-order chi connectivity index (χ1) is 21.7. The minimum Gasteiger partial charge on any atom is -0.147 e. The Morgan fingerprint density at radius 2 is 1.05 bits per heavy atom. The third-order valence-corrected chi connectivity index (χ3v) is 11.0. The SMILES string of the molecule is CCCCC(C)P(c1ccccc1)c1ccccc1.[Cl][Ni].[c-]1cccc2ccccc12.c1ccc(Pc2ccccc2)cc1. The predicted molar refractivity (Wildman–Crippen MR) is 197 cm³/mol. The minimum atomic E-state index is -0.224. The molecule has 0 N–H and O–H groups in total. The zero-order chi connectivity index (χ0) is 31.2. The summed E-state index contributed by atoms with van der Waals surface area (Å²) in [7, 11) is 4.82. The summed E-state index contributed by atoms with van der Waals surface area (Å²) in [5.41, 5.74) is 0.750. The number of hydrogen-bond acceptors (Lipinski definition) is 0. The van der Waals surface area contributed by atoms with Gasteiger partial charge >= 0.3 is 24.8 Å². The molecule has 0 heterocycles. The molecule has 6 aromatic carbocycles. The summed E-state index contributed by atoms with van der Waals surface area (Å²) in [6, 6.07) is 60.6. The molecule has 0 aliphatic heterocycles. The van der Waals surface area contributed by atoms with Crippen LogP contribution in [0.25, 0.3) is 10.8 Å². The Kier molecular flexibility index (Phi) is 17.7. The molecule has 0 aromatic heterocycles. The van der Waals surface area contributed by atoms with Crippen LogP contribution >= 0.6 is 26.7 Å². The fourth-order valence-corrected chi connectivity index (χ4v) is 8.53. The molecule has 1 unspecified atom stereocenters. The van der Waals surface area contributed by atoms with Crippen LogP contribution in [0.5, 0.6) is 0 Å². The van der Waals surface area contributed by atoms with Gasteiger partial charge in [0, 0.05) is 0 Å². The summed E-state index contributed by atoms with van der Waals surface area (Å²) in [6.07, 6.45) is 3.95. The van der Waals surface area contributed by atoms with Crippen molar-refractivity contribution in [1.82, 2.24) is 0 Å². The molecular weight excluding hydrogens is 637 g/mol. The van der Waals surface area contributed by atoms with E-state index in [1.165, 1.54) is 51.3 Å². The third-order valence-electron chi connectivity index (χ3n) is 6.89. The van der Waals surface area contributed by atoms with Gasteiger partial charge in [-0.25, -0.2) is 0 Å². The smallest absolute Gasteiger partial charge is 0.0226 e. The van der Waals surface area contributed by atoms with Crippen molar-refractivity contribution in [1.29, 1.82) is 0 Å². The molecule has 0 fully saturated rings. The van der Waals surface area contributed by atoms with Crippen LogP contribution in [-0.2, 0) is 14.6 Å². The zero-order valence-corrected chi connectivity index (χ0v) is 29.1. The number of halogens is 1. The first-order valence-electron chi connectivity index (χ1n) is 15.0. The van der Waals surface area contributed by atoms with Gasteiger partial charge in [0.1, 0.15) is 0 Å². The maximum Gasteiger partial charge on any atom is -0.0226 e. The molecule has 0 saturated heterocycles. The first kappa shape index (κ1) is 35.7. The Morgan fingerprint density at radius 1 is 0.614 bits per heavy atom. The van der Waals surface area contributed by atoms with Gasteiger partial charge in [0.15, 0.2) is 0 Å². The molecule has 0 bridgehead atoms. The van der Waals surface area contributed by atoms with E-state index < -0.39 is 0 Å². The molecule has 6 rings (SSSR count). The molecule has 0 aliphatic carbocycles. The fraction of sp³-hybridized carbons (Fsp3) is 0.150. The van der Waals surface area contributed by atoms with E-state index in [-0.39, 0.29) is 7.92 Å². The van der Waals surface area contributed by atoms with E-state index in [4.69, 9.17) is 0 Å². The van der Waals surface area contributed by atoms with Crippen LogP contribution in [-0.4, -0.2) is 5.66 Å². The van der Waals surface area contributed by atoms with Crippen LogP contribution < -0.4 is 21.2 Å². The molecule has 44 heavy (non-hydrogen) atoms. The van der Waals surface area contributed by atoms with Gasteiger partial charge in [-0.2, -0.15) is 0 Å². The number of benzene rings is 6. The Balaban J connectivity index is 0.000000184. The van der Waals surface area contributed by atoms with Gasteiger partial charge in [0.05, 0.1) is 0 Å². The molecule has 0 radical (unpaired) electrons. The summed E-state index contributed by atoms with van der Waals surface area (Å²) in [6.45, 7) is 4.70. The summed E-state index contributed by atoms with van der Waals surface area (Å²) in [4.78, 5) is 0. The molecule has 1 atom stereocenters. The van der Waals surface area contributed by atoms with Crippen LogP contribution in [0, 0.1) is 6.07 Å². The number of unbranched alkanes of at least 4 members (excludes halogenated alkanes) is 1. The Hall–Kier alpha value is -2.78. The average Bonchev–Trinajstić information content (AvgIpc) is 3.11. The minimum absolute atomic E-state index is 0.224. The van der Waals surface area contributed by atoms with Crippen LogP contribution in [0.4, 0.5) is 0 Å². The van der Waals surface area contributed by atoms with Gasteiger partial charge in [-0.05, 0) is 41.2 Å². The van der Waals surface area contributed by atoms with E-state index in [2.05, 4.69) is 184 Å². The monoisotopic (exact) mass is 676 g/mol. The molecular formula is C40H41ClNiP2-. The summed E-state index contributed by atoms with van der Waals surface area (Å²) >= 11 is 3.35. The maximum absolute atomic E-state index is 4.26. The van der Waals surface area contributed by atoms with Crippen molar-refractivity contribution in [3.63, 3.8) is 0 Å². The van der Waals surface area contributed by atoms with Gasteiger partial charge in [-0.1, -0.05) is 169 Å². The number of rotatable bonds is 8. The van der Waals surface area contributed by atoms with Crippen LogP contribution in [0.2, 0.25) is 0 Å². The van der Waals surface area contributed by atoms with E-state index in [1.54, 1.807) is 0 Å². The van der Waals surface area contributed by atoms with Gasteiger partial charge < -0.3 is 0 Å². The third kappa shape index (κ3) is 12.7. The Labute approximate surface area is 280 Å². The van der Waals surface area contributed by atoms with E-state index in [0.29, 0.717) is 0 Å². The second-order valence-electron chi connectivity index (χ2n) is 10.1. The zero-order valence-electron chi connectivity index (χ0n) is 25.4. The summed E-state index contributed by atoms with van der Waals surface area (Å²) in [5.74, 6) is 0. The Morgan fingerprint density at radius 3 is 1.52 bits per heavy atom. The van der Waals surface area contributed by atoms with Crippen molar-refractivity contribution in [2.75, 3.05) is 0 Å². The standard InChI is InChI=1S/C18H23P.C12H11P.C10H7.ClH.Ni/c1-3-4-11-16(2)19(17-12-7-5-8-13-17)18-14-9-6-10-15-18;1-3-7-11(8-4-1)13-12-9-5-2-6-10-12;1-2-6-10-8-4-3-7-9(10)5-1;;/h5-10,12-16H,3-4,11H2,1-2H3;1-10,13H;1-7H;1H;/q;;-1;;+1/p-1. The van der Waals surface area contributed by atoms with E-state index >= 15 is 0 Å². The summed E-state index contributed by atoms with van der Waals surface area (Å²) in [5, 5.41) is 8.25. The average molecular weight is 678 g/mol. The van der Waals surface area contributed by atoms with Gasteiger partial charge in [-0.15, -0.1) is 47.2 Å². The normalized spacial score (nSPS) is 10.8. The van der Waals surface area contributed by atoms with E-state index in [9.17, 15) is 0 Å². The van der Waals surface area contributed by atoms with Gasteiger partial charge in [0.2, 0.25) is 0 Å². The van der Waals surface area contributed by atoms with Gasteiger partial charge in [-0.3, -0.25) is 0 Å². The molecule has 0 nitrogen and oxygen atoms in total. The van der Waals surface area contributed by atoms with Crippen molar-refractivity contribution in [3.8, 4) is 0 Å². The van der Waals surface area contributed by atoms with Crippen LogP contribution in [0.3, 0.4) is 0 Å². The van der Waals surface area contributed by atoms with Crippen molar-refractivity contribution >= 4 is 58.7 Å². The van der Waals surface area contributed by atoms with Crippen molar-refractivity contribution in [2.45, 2.75) is 38.8 Å². The van der Waals surface area contributed by atoms with Gasteiger partial charge in [0.25, 0.3) is 0 Å². The largest absolute Gasteiger partial charge is 0.147 e. The summed E-state index contributed by atoms with van der Waals surface area (Å²) < 4.78 is 0. The van der Waals surface area contributed by atoms with Crippen molar-refractivity contribution < 1.29 is 14.6 Å². The quantitative estimate of drug-likeness (QED) is 0.0855. The van der Waals surface area contributed by atoms with E-state index in [0.717, 1.165) is 14.2 Å². The molecule has 0 saturated carbocycles. The molecule has 0 aliphatic rings. The predicted octanol–water partition coefficient (Wildman–Crippen LogP) is 10.3. The van der Waals surface area contributed by atoms with Crippen molar-refractivity contribution in [2.24, 2.45) is 0 Å². The first-order valence-corrected chi connectivity index (χ1v) is 18.8. The molecule has 4 heteroatoms.